The molecule has 0 spiro atoms. The molecule has 1 N–H and O–H groups in total. The summed E-state index contributed by atoms with van der Waals surface area (Å²) in [4.78, 5) is 4.32. The molecule has 0 unspecified atom stereocenters. The van der Waals surface area contributed by atoms with E-state index < -0.39 is 0 Å². The van der Waals surface area contributed by atoms with E-state index in [0.29, 0.717) is 0 Å². The van der Waals surface area contributed by atoms with Gasteiger partial charge in [0.2, 0.25) is 0 Å². The number of nitrogens with zero attached hydrogens (tertiary/aromatic N) is 1. The molecule has 11 heavy (non-hydrogen) atoms. The third kappa shape index (κ3) is 2.85. The summed E-state index contributed by atoms with van der Waals surface area (Å²) in [6.45, 7) is 3.23. The third-order valence-corrected chi connectivity index (χ3v) is 1.84. The van der Waals surface area contributed by atoms with Crippen molar-refractivity contribution in [3.05, 3.63) is 11.8 Å². The summed E-state index contributed by atoms with van der Waals surface area (Å²) >= 11 is 0. The molecule has 0 saturated carbocycles. The Hall–Kier alpha value is -0.630. The Labute approximate surface area is 68.4 Å². The molecule has 1 aliphatic rings. The minimum Gasteiger partial charge on any atom is -0.320 e. The van der Waals surface area contributed by atoms with Crippen LogP contribution >= 0.6 is 0 Å². The van der Waals surface area contributed by atoms with Gasteiger partial charge in [-0.15, -0.1) is 0 Å². The van der Waals surface area contributed by atoms with Crippen molar-refractivity contribution < 1.29 is 0 Å². The lowest BCUT2D eigenvalue weighted by Gasteiger charge is -1.99. The quantitative estimate of drug-likeness (QED) is 0.610. The molecular formula is C9H16N2. The summed E-state index contributed by atoms with van der Waals surface area (Å²) in [5.41, 5.74) is 2.74. The molecule has 0 aromatic rings. The van der Waals surface area contributed by atoms with E-state index in [2.05, 4.69) is 17.2 Å². The summed E-state index contributed by atoms with van der Waals surface area (Å²) in [6, 6.07) is 0. The van der Waals surface area contributed by atoms with E-state index in [-0.39, 0.29) is 0 Å². The van der Waals surface area contributed by atoms with Crippen molar-refractivity contribution >= 4 is 5.71 Å². The molecule has 62 valence electrons. The number of hydrogen-bond donors (Lipinski definition) is 1. The molecule has 2 heteroatoms. The van der Waals surface area contributed by atoms with Crippen LogP contribution in [0.25, 0.3) is 0 Å². The fourth-order valence-corrected chi connectivity index (χ4v) is 1.24. The molecule has 0 atom stereocenters. The minimum atomic E-state index is 1.10. The lowest BCUT2D eigenvalue weighted by Crippen LogP contribution is -2.09. The predicted molar refractivity (Wildman–Crippen MR) is 49.0 cm³/mol. The summed E-state index contributed by atoms with van der Waals surface area (Å²) in [5.74, 6) is 0. The smallest absolute Gasteiger partial charge is 0.0260 e. The molecule has 1 heterocycles. The van der Waals surface area contributed by atoms with Gasteiger partial charge < -0.3 is 5.32 Å². The average Bonchev–Trinajstić information content (AvgIpc) is 2.37. The standard InChI is InChI=1S/C9H16N2/c1-8-6-9(11-7-8)4-3-5-10-2/h7,10H,3-6H2,1-2H3. The van der Waals surface area contributed by atoms with Crippen LogP contribution in [-0.2, 0) is 0 Å². The zero-order chi connectivity index (χ0) is 8.10. The van der Waals surface area contributed by atoms with E-state index in [4.69, 9.17) is 0 Å². The average molecular weight is 152 g/mol. The number of hydrogen-bond acceptors (Lipinski definition) is 2. The molecule has 0 bridgehead atoms. The van der Waals surface area contributed by atoms with E-state index in [9.17, 15) is 0 Å². The molecule has 0 aromatic carbocycles. The second-order valence-corrected chi connectivity index (χ2v) is 3.05. The highest BCUT2D eigenvalue weighted by Gasteiger charge is 2.04. The molecule has 1 aliphatic heterocycles. The molecular weight excluding hydrogens is 136 g/mol. The van der Waals surface area contributed by atoms with Crippen molar-refractivity contribution in [3.63, 3.8) is 0 Å². The highest BCUT2D eigenvalue weighted by molar-refractivity contribution is 5.88. The predicted octanol–water partition coefficient (Wildman–Crippen LogP) is 1.73. The minimum absolute atomic E-state index is 1.10. The Morgan fingerprint density at radius 1 is 1.64 bits per heavy atom. The van der Waals surface area contributed by atoms with Gasteiger partial charge >= 0.3 is 0 Å². The van der Waals surface area contributed by atoms with Crippen LogP contribution in [-0.4, -0.2) is 19.3 Å². The monoisotopic (exact) mass is 152 g/mol. The molecule has 0 amide bonds. The molecule has 0 saturated heterocycles. The van der Waals surface area contributed by atoms with Crippen LogP contribution in [0, 0.1) is 0 Å². The topological polar surface area (TPSA) is 24.4 Å². The van der Waals surface area contributed by atoms with Crippen LogP contribution in [0.15, 0.2) is 16.8 Å². The van der Waals surface area contributed by atoms with Crippen LogP contribution in [0.2, 0.25) is 0 Å². The zero-order valence-corrected chi connectivity index (χ0v) is 7.35. The Kier molecular flexibility index (Phi) is 3.30. The second-order valence-electron chi connectivity index (χ2n) is 3.05. The second kappa shape index (κ2) is 4.29. The van der Waals surface area contributed by atoms with Crippen molar-refractivity contribution in [2.45, 2.75) is 26.2 Å². The van der Waals surface area contributed by atoms with E-state index in [1.807, 2.05) is 13.2 Å². The van der Waals surface area contributed by atoms with Crippen LogP contribution in [0.3, 0.4) is 0 Å². The molecule has 0 radical (unpaired) electrons. The first-order chi connectivity index (χ1) is 5.33. The summed E-state index contributed by atoms with van der Waals surface area (Å²) in [5, 5.41) is 3.13. The first kappa shape index (κ1) is 8.47. The van der Waals surface area contributed by atoms with Crippen molar-refractivity contribution in [2.75, 3.05) is 13.6 Å². The van der Waals surface area contributed by atoms with Gasteiger partial charge in [-0.25, -0.2) is 0 Å². The summed E-state index contributed by atoms with van der Waals surface area (Å²) < 4.78 is 0. The van der Waals surface area contributed by atoms with Gasteiger partial charge in [-0.05, 0) is 38.9 Å². The number of nitrogens with one attached hydrogen (secondary N) is 1. The summed E-state index contributed by atoms with van der Waals surface area (Å²) in [7, 11) is 1.99. The Morgan fingerprint density at radius 2 is 2.45 bits per heavy atom. The Balaban J connectivity index is 2.11. The Morgan fingerprint density at radius 3 is 3.00 bits per heavy atom. The molecule has 0 aromatic heterocycles. The summed E-state index contributed by atoms with van der Waals surface area (Å²) in [6.07, 6.45) is 5.43. The zero-order valence-electron chi connectivity index (χ0n) is 7.35. The highest BCUT2D eigenvalue weighted by atomic mass is 14.8. The third-order valence-electron chi connectivity index (χ3n) is 1.84. The van der Waals surface area contributed by atoms with Gasteiger partial charge in [-0.1, -0.05) is 0 Å². The van der Waals surface area contributed by atoms with Gasteiger partial charge in [-0.3, -0.25) is 4.99 Å². The van der Waals surface area contributed by atoms with E-state index in [0.717, 1.165) is 19.4 Å². The van der Waals surface area contributed by atoms with Crippen LogP contribution in [0.4, 0.5) is 0 Å². The number of allylic oxidation sites excluding steroid dienone is 1. The SMILES string of the molecule is CNCCCC1=NC=C(C)C1. The molecule has 2 nitrogen and oxygen atoms in total. The normalized spacial score (nSPS) is 16.5. The van der Waals surface area contributed by atoms with Gasteiger partial charge in [0.1, 0.15) is 0 Å². The molecule has 0 aliphatic carbocycles. The van der Waals surface area contributed by atoms with Gasteiger partial charge in [-0.2, -0.15) is 0 Å². The first-order valence-corrected chi connectivity index (χ1v) is 4.18. The largest absolute Gasteiger partial charge is 0.320 e. The number of aliphatic imine (C=N–C) groups is 1. The van der Waals surface area contributed by atoms with Crippen LogP contribution in [0.1, 0.15) is 26.2 Å². The van der Waals surface area contributed by atoms with Gasteiger partial charge in [0.25, 0.3) is 0 Å². The maximum Gasteiger partial charge on any atom is 0.0260 e. The lowest BCUT2D eigenvalue weighted by atomic mass is 10.1. The lowest BCUT2D eigenvalue weighted by molar-refractivity contribution is 0.744. The fourth-order valence-electron chi connectivity index (χ4n) is 1.24. The highest BCUT2D eigenvalue weighted by Crippen LogP contribution is 2.13. The van der Waals surface area contributed by atoms with Crippen molar-refractivity contribution in [1.29, 1.82) is 0 Å². The number of rotatable bonds is 4. The molecule has 1 rings (SSSR count). The van der Waals surface area contributed by atoms with Gasteiger partial charge in [0, 0.05) is 18.3 Å². The fraction of sp³-hybridized carbons (Fsp3) is 0.667. The van der Waals surface area contributed by atoms with Crippen LogP contribution < -0.4 is 5.32 Å². The molecule has 0 fully saturated rings. The first-order valence-electron chi connectivity index (χ1n) is 4.18. The Bertz CT molecular complexity index is 180. The van der Waals surface area contributed by atoms with Crippen LogP contribution in [0.5, 0.6) is 0 Å². The van der Waals surface area contributed by atoms with Crippen molar-refractivity contribution in [1.82, 2.24) is 5.32 Å². The van der Waals surface area contributed by atoms with Crippen molar-refractivity contribution in [3.8, 4) is 0 Å². The van der Waals surface area contributed by atoms with E-state index in [1.165, 1.54) is 17.7 Å². The van der Waals surface area contributed by atoms with E-state index >= 15 is 0 Å². The van der Waals surface area contributed by atoms with E-state index in [1.54, 1.807) is 0 Å². The van der Waals surface area contributed by atoms with Gasteiger partial charge in [0.05, 0.1) is 0 Å². The van der Waals surface area contributed by atoms with Gasteiger partial charge in [0.15, 0.2) is 0 Å². The maximum absolute atomic E-state index is 4.32. The maximum atomic E-state index is 4.32. The van der Waals surface area contributed by atoms with Crippen molar-refractivity contribution in [2.24, 2.45) is 4.99 Å².